The van der Waals surface area contributed by atoms with E-state index >= 15 is 0 Å². The first-order valence-electron chi connectivity index (χ1n) is 4.88. The van der Waals surface area contributed by atoms with Crippen molar-refractivity contribution in [2.75, 3.05) is 20.3 Å². The van der Waals surface area contributed by atoms with Gasteiger partial charge >= 0.3 is 5.97 Å². The Hall–Kier alpha value is -1.14. The highest BCUT2D eigenvalue weighted by Crippen LogP contribution is 2.05. The lowest BCUT2D eigenvalue weighted by Crippen LogP contribution is -2.46. The van der Waals surface area contributed by atoms with Crippen LogP contribution in [0.3, 0.4) is 0 Å². The van der Waals surface area contributed by atoms with Gasteiger partial charge in [-0.3, -0.25) is 9.59 Å². The third-order valence-corrected chi connectivity index (χ3v) is 2.33. The largest absolute Gasteiger partial charge is 0.480 e. The molecule has 0 saturated carbocycles. The molecule has 1 fully saturated rings. The summed E-state index contributed by atoms with van der Waals surface area (Å²) in [5.41, 5.74) is 0. The van der Waals surface area contributed by atoms with Crippen molar-refractivity contribution in [1.82, 2.24) is 10.6 Å². The van der Waals surface area contributed by atoms with E-state index in [1.54, 1.807) is 0 Å². The van der Waals surface area contributed by atoms with Crippen molar-refractivity contribution in [1.29, 1.82) is 0 Å². The molecule has 1 heterocycles. The highest BCUT2D eigenvalue weighted by molar-refractivity contribution is 5.78. The maximum Gasteiger partial charge on any atom is 0.323 e. The van der Waals surface area contributed by atoms with Gasteiger partial charge < -0.3 is 20.5 Å². The molecule has 0 bridgehead atoms. The number of aliphatic carboxylic acids is 1. The van der Waals surface area contributed by atoms with Crippen molar-refractivity contribution in [3.8, 4) is 0 Å². The highest BCUT2D eigenvalue weighted by Gasteiger charge is 2.23. The smallest absolute Gasteiger partial charge is 0.323 e. The van der Waals surface area contributed by atoms with Crippen LogP contribution in [0.15, 0.2) is 0 Å². The van der Waals surface area contributed by atoms with Gasteiger partial charge in [0, 0.05) is 26.1 Å². The summed E-state index contributed by atoms with van der Waals surface area (Å²) in [5, 5.41) is 14.4. The summed E-state index contributed by atoms with van der Waals surface area (Å²) >= 11 is 0. The van der Waals surface area contributed by atoms with E-state index in [4.69, 9.17) is 9.84 Å². The van der Waals surface area contributed by atoms with Gasteiger partial charge in [-0.1, -0.05) is 0 Å². The lowest BCUT2D eigenvalue weighted by molar-refractivity contribution is -0.140. The molecule has 0 spiro atoms. The zero-order valence-corrected chi connectivity index (χ0v) is 8.66. The van der Waals surface area contributed by atoms with Crippen LogP contribution in [0.5, 0.6) is 0 Å². The Labute approximate surface area is 88.0 Å². The van der Waals surface area contributed by atoms with Gasteiger partial charge in [-0.2, -0.15) is 0 Å². The Morgan fingerprint density at radius 2 is 2.53 bits per heavy atom. The number of carbonyl (C=O) groups excluding carboxylic acids is 1. The Balaban J connectivity index is 2.27. The van der Waals surface area contributed by atoms with E-state index in [0.717, 1.165) is 6.42 Å². The second kappa shape index (κ2) is 5.67. The summed E-state index contributed by atoms with van der Waals surface area (Å²) in [5.74, 6) is -0.915. The molecular weight excluding hydrogens is 200 g/mol. The fourth-order valence-electron chi connectivity index (χ4n) is 1.50. The Morgan fingerprint density at radius 1 is 1.80 bits per heavy atom. The van der Waals surface area contributed by atoms with Gasteiger partial charge in [0.2, 0.25) is 5.91 Å². The standard InChI is InChI=1S/C9H16N2O4/c1-15-5-7(9(13)14)10-4-6-2-3-8(12)11-6/h6-7,10H,2-5H2,1H3,(H,11,12)(H,13,14). The average Bonchev–Trinajstić information content (AvgIpc) is 2.58. The summed E-state index contributed by atoms with van der Waals surface area (Å²) in [6.07, 6.45) is 1.28. The molecule has 86 valence electrons. The first-order valence-corrected chi connectivity index (χ1v) is 4.88. The number of carbonyl (C=O) groups is 2. The first-order chi connectivity index (χ1) is 7.13. The number of carboxylic acid groups (broad SMARTS) is 1. The van der Waals surface area contributed by atoms with Crippen LogP contribution in [-0.4, -0.2) is 49.3 Å². The molecule has 1 aliphatic rings. The lowest BCUT2D eigenvalue weighted by atomic mass is 10.2. The molecule has 1 saturated heterocycles. The molecule has 0 aromatic heterocycles. The van der Waals surface area contributed by atoms with Gasteiger partial charge in [-0.15, -0.1) is 0 Å². The Morgan fingerprint density at radius 3 is 3.00 bits per heavy atom. The zero-order chi connectivity index (χ0) is 11.3. The van der Waals surface area contributed by atoms with E-state index in [9.17, 15) is 9.59 Å². The van der Waals surface area contributed by atoms with Crippen molar-refractivity contribution in [2.45, 2.75) is 24.9 Å². The van der Waals surface area contributed by atoms with Gasteiger partial charge in [0.05, 0.1) is 6.61 Å². The Bertz CT molecular complexity index is 244. The van der Waals surface area contributed by atoms with Crippen molar-refractivity contribution in [2.24, 2.45) is 0 Å². The first kappa shape index (κ1) is 11.9. The fourth-order valence-corrected chi connectivity index (χ4v) is 1.50. The molecule has 6 nitrogen and oxygen atoms in total. The third kappa shape index (κ3) is 3.85. The number of hydrogen-bond donors (Lipinski definition) is 3. The Kier molecular flexibility index (Phi) is 4.51. The van der Waals surface area contributed by atoms with E-state index in [2.05, 4.69) is 10.6 Å². The monoisotopic (exact) mass is 216 g/mol. The number of nitrogens with one attached hydrogen (secondary N) is 2. The average molecular weight is 216 g/mol. The molecule has 6 heteroatoms. The van der Waals surface area contributed by atoms with Gasteiger partial charge in [-0.05, 0) is 6.42 Å². The molecule has 1 aliphatic heterocycles. The number of ether oxygens (including phenoxy) is 1. The van der Waals surface area contributed by atoms with Crippen LogP contribution < -0.4 is 10.6 Å². The second-order valence-corrected chi connectivity index (χ2v) is 3.56. The molecule has 0 aliphatic carbocycles. The second-order valence-electron chi connectivity index (χ2n) is 3.56. The van der Waals surface area contributed by atoms with Crippen molar-refractivity contribution < 1.29 is 19.4 Å². The van der Waals surface area contributed by atoms with E-state index in [1.807, 2.05) is 0 Å². The van der Waals surface area contributed by atoms with Gasteiger partial charge in [-0.25, -0.2) is 0 Å². The van der Waals surface area contributed by atoms with Crippen LogP contribution >= 0.6 is 0 Å². The number of methoxy groups -OCH3 is 1. The van der Waals surface area contributed by atoms with Crippen molar-refractivity contribution in [3.63, 3.8) is 0 Å². The van der Waals surface area contributed by atoms with Crippen LogP contribution in [-0.2, 0) is 14.3 Å². The molecule has 2 atom stereocenters. The molecule has 15 heavy (non-hydrogen) atoms. The van der Waals surface area contributed by atoms with E-state index in [-0.39, 0.29) is 18.6 Å². The quantitative estimate of drug-likeness (QED) is 0.527. The molecule has 2 unspecified atom stereocenters. The number of hydrogen-bond acceptors (Lipinski definition) is 4. The molecule has 0 radical (unpaired) electrons. The molecule has 0 aromatic rings. The minimum absolute atomic E-state index is 0.0282. The maximum absolute atomic E-state index is 10.9. The normalized spacial score (nSPS) is 22.5. The molecule has 1 rings (SSSR count). The summed E-state index contributed by atoms with van der Waals surface area (Å²) < 4.78 is 4.77. The van der Waals surface area contributed by atoms with Crippen LogP contribution in [0.4, 0.5) is 0 Å². The van der Waals surface area contributed by atoms with Gasteiger partial charge in [0.15, 0.2) is 0 Å². The van der Waals surface area contributed by atoms with Crippen LogP contribution in [0.25, 0.3) is 0 Å². The van der Waals surface area contributed by atoms with Gasteiger partial charge in [0.1, 0.15) is 6.04 Å². The van der Waals surface area contributed by atoms with Gasteiger partial charge in [0.25, 0.3) is 0 Å². The predicted octanol–water partition coefficient (Wildman–Crippen LogP) is -1.05. The summed E-state index contributed by atoms with van der Waals surface area (Å²) in [6.45, 7) is 0.585. The van der Waals surface area contributed by atoms with Crippen molar-refractivity contribution >= 4 is 11.9 Å². The SMILES string of the molecule is COCC(NCC1CCC(=O)N1)C(=O)O. The minimum Gasteiger partial charge on any atom is -0.480 e. The molecule has 1 amide bonds. The van der Waals surface area contributed by atoms with Crippen molar-refractivity contribution in [3.05, 3.63) is 0 Å². The highest BCUT2D eigenvalue weighted by atomic mass is 16.5. The predicted molar refractivity (Wildman–Crippen MR) is 52.5 cm³/mol. The molecule has 0 aromatic carbocycles. The lowest BCUT2D eigenvalue weighted by Gasteiger charge is -2.16. The zero-order valence-electron chi connectivity index (χ0n) is 8.66. The molecule has 3 N–H and O–H groups in total. The fraction of sp³-hybridized carbons (Fsp3) is 0.778. The summed E-state index contributed by atoms with van der Waals surface area (Å²) in [7, 11) is 1.45. The van der Waals surface area contributed by atoms with E-state index < -0.39 is 12.0 Å². The van der Waals surface area contributed by atoms with E-state index in [1.165, 1.54) is 7.11 Å². The number of rotatable bonds is 6. The minimum atomic E-state index is -0.943. The maximum atomic E-state index is 10.9. The van der Waals surface area contributed by atoms with Crippen LogP contribution in [0, 0.1) is 0 Å². The third-order valence-electron chi connectivity index (χ3n) is 2.33. The summed E-state index contributed by atoms with van der Waals surface area (Å²) in [4.78, 5) is 21.6. The van der Waals surface area contributed by atoms with Crippen LogP contribution in [0.1, 0.15) is 12.8 Å². The molecular formula is C9H16N2O4. The topological polar surface area (TPSA) is 87.7 Å². The van der Waals surface area contributed by atoms with E-state index in [0.29, 0.717) is 13.0 Å². The summed E-state index contributed by atoms with van der Waals surface area (Å²) in [6, 6.07) is -0.677. The number of amides is 1. The van der Waals surface area contributed by atoms with Crippen LogP contribution in [0.2, 0.25) is 0 Å². The number of carboxylic acids is 1.